The van der Waals surface area contributed by atoms with Gasteiger partial charge in [0.1, 0.15) is 11.6 Å². The summed E-state index contributed by atoms with van der Waals surface area (Å²) in [4.78, 5) is 20.9. The quantitative estimate of drug-likeness (QED) is 0.294. The van der Waals surface area contributed by atoms with Crippen LogP contribution in [-0.4, -0.2) is 70.3 Å². The number of benzene rings is 1. The second kappa shape index (κ2) is 13.7. The highest BCUT2D eigenvalue weighted by atomic mass is 19.3. The number of aliphatic carboxylic acids is 1. The lowest BCUT2D eigenvalue weighted by molar-refractivity contribution is -0.138. The molecule has 0 amide bonds. The molecule has 0 bridgehead atoms. The summed E-state index contributed by atoms with van der Waals surface area (Å²) in [6.07, 6.45) is 0.141. The maximum Gasteiger partial charge on any atom is 0.317 e. The average molecular weight is 496 g/mol. The first-order chi connectivity index (χ1) is 16.7. The molecule has 0 unspecified atom stereocenters. The zero-order valence-electron chi connectivity index (χ0n) is 20.4. The number of aryl methyl sites for hydroxylation is 1. The summed E-state index contributed by atoms with van der Waals surface area (Å²) in [5.74, 6) is 0.110. The summed E-state index contributed by atoms with van der Waals surface area (Å²) in [7, 11) is 1.51. The van der Waals surface area contributed by atoms with Gasteiger partial charge in [-0.05, 0) is 37.0 Å². The van der Waals surface area contributed by atoms with Crippen LogP contribution in [-0.2, 0) is 17.8 Å². The Hall–Kier alpha value is -3.05. The lowest BCUT2D eigenvalue weighted by Gasteiger charge is -2.22. The average Bonchev–Trinajstić information content (AvgIpc) is 2.76. The van der Waals surface area contributed by atoms with Crippen molar-refractivity contribution in [2.75, 3.05) is 37.9 Å². The van der Waals surface area contributed by atoms with Crippen molar-refractivity contribution in [2.24, 2.45) is 0 Å². The predicted molar refractivity (Wildman–Crippen MR) is 130 cm³/mol. The zero-order chi connectivity index (χ0) is 26.0. The molecule has 1 atom stereocenters. The van der Waals surface area contributed by atoms with Gasteiger partial charge < -0.3 is 26.0 Å². The van der Waals surface area contributed by atoms with Crippen molar-refractivity contribution in [1.82, 2.24) is 14.9 Å². The van der Waals surface area contributed by atoms with Crippen molar-refractivity contribution in [3.8, 4) is 5.75 Å². The second-order valence-electron chi connectivity index (χ2n) is 8.41. The number of nitrogens with zero attached hydrogens (tertiary/aromatic N) is 3. The zero-order valence-corrected chi connectivity index (χ0v) is 20.4. The first kappa shape index (κ1) is 28.2. The van der Waals surface area contributed by atoms with Crippen molar-refractivity contribution >= 4 is 17.7 Å². The van der Waals surface area contributed by atoms with E-state index in [-0.39, 0.29) is 25.1 Å². The van der Waals surface area contributed by atoms with Crippen molar-refractivity contribution in [1.29, 1.82) is 0 Å². The van der Waals surface area contributed by atoms with Crippen LogP contribution in [0.3, 0.4) is 0 Å². The number of anilines is 2. The first-order valence-electron chi connectivity index (χ1n) is 11.5. The molecule has 9 nitrogen and oxygen atoms in total. The number of methoxy groups -OCH3 is 1. The third-order valence-electron chi connectivity index (χ3n) is 5.57. The van der Waals surface area contributed by atoms with E-state index in [0.717, 1.165) is 24.0 Å². The fourth-order valence-electron chi connectivity index (χ4n) is 3.99. The summed E-state index contributed by atoms with van der Waals surface area (Å²) in [6.45, 7) is 2.88. The largest absolute Gasteiger partial charge is 0.496 e. The fraction of sp³-hybridized carbons (Fsp3) is 0.542. The van der Waals surface area contributed by atoms with Gasteiger partial charge in [-0.15, -0.1) is 0 Å². The Balaban J connectivity index is 2.33. The number of nitrogen functional groups attached to an aromatic ring is 1. The van der Waals surface area contributed by atoms with E-state index in [2.05, 4.69) is 22.2 Å². The van der Waals surface area contributed by atoms with E-state index < -0.39 is 25.5 Å². The van der Waals surface area contributed by atoms with E-state index in [1.54, 1.807) is 12.1 Å². The molecule has 5 N–H and O–H groups in total. The number of aliphatic hydroxyl groups is 1. The molecule has 1 aromatic heterocycles. The van der Waals surface area contributed by atoms with E-state index in [9.17, 15) is 18.7 Å². The number of carboxylic acid groups (broad SMARTS) is 1. The number of aliphatic hydroxyl groups excluding tert-OH is 1. The molecule has 0 spiro atoms. The smallest absolute Gasteiger partial charge is 0.317 e. The number of halogens is 2. The summed E-state index contributed by atoms with van der Waals surface area (Å²) in [5.41, 5.74) is 8.91. The molecular formula is C24H35F2N5O4. The van der Waals surface area contributed by atoms with Crippen molar-refractivity contribution in [3.05, 3.63) is 40.6 Å². The van der Waals surface area contributed by atoms with Gasteiger partial charge in [-0.25, -0.2) is 13.8 Å². The molecular weight excluding hydrogens is 460 g/mol. The van der Waals surface area contributed by atoms with E-state index in [0.29, 0.717) is 35.7 Å². The number of nitrogens with one attached hydrogen (secondary N) is 1. The van der Waals surface area contributed by atoms with Crippen LogP contribution in [0.4, 0.5) is 20.5 Å². The van der Waals surface area contributed by atoms with Crippen molar-refractivity contribution < 1.29 is 28.5 Å². The van der Waals surface area contributed by atoms with Gasteiger partial charge in [-0.2, -0.15) is 4.98 Å². The molecule has 0 aliphatic carbocycles. The molecule has 0 aliphatic heterocycles. The molecule has 0 fully saturated rings. The fourth-order valence-corrected chi connectivity index (χ4v) is 3.99. The highest BCUT2D eigenvalue weighted by Crippen LogP contribution is 2.29. The van der Waals surface area contributed by atoms with Crippen LogP contribution >= 0.6 is 0 Å². The maximum absolute atomic E-state index is 12.9. The Labute approximate surface area is 204 Å². The molecule has 35 heavy (non-hydrogen) atoms. The predicted octanol–water partition coefficient (Wildman–Crippen LogP) is 3.08. The van der Waals surface area contributed by atoms with Gasteiger partial charge in [0, 0.05) is 36.9 Å². The van der Waals surface area contributed by atoms with Gasteiger partial charge in [0.25, 0.3) is 6.43 Å². The number of carbonyl (C=O) groups is 1. The SMILES string of the molecule is CCC[C@@H](CCO)Nc1nc(N)nc(C)c1Cc1ccc(CN(CC(=O)O)CC(F)F)cc1OC. The Morgan fingerprint density at radius 1 is 1.29 bits per heavy atom. The summed E-state index contributed by atoms with van der Waals surface area (Å²) >= 11 is 0. The monoisotopic (exact) mass is 495 g/mol. The van der Waals surface area contributed by atoms with E-state index in [1.165, 1.54) is 12.0 Å². The van der Waals surface area contributed by atoms with Crippen molar-refractivity contribution in [3.63, 3.8) is 0 Å². The molecule has 0 radical (unpaired) electrons. The standard InChI is InChI=1S/C24H35F2N5O4/c1-4-5-18(8-9-32)29-23-19(15(2)28-24(27)30-23)11-17-7-6-16(10-20(17)35-3)12-31(13-21(25)26)14-22(33)34/h6-7,10,18,21,32H,4-5,8-9,11-14H2,1-3H3,(H,33,34)(H3,27,28,29,30)/t18-/m0/s1. The number of rotatable bonds is 15. The Morgan fingerprint density at radius 3 is 2.63 bits per heavy atom. The van der Waals surface area contributed by atoms with E-state index in [4.69, 9.17) is 15.6 Å². The normalized spacial score (nSPS) is 12.2. The highest BCUT2D eigenvalue weighted by molar-refractivity contribution is 5.69. The van der Waals surface area contributed by atoms with Gasteiger partial charge >= 0.3 is 5.97 Å². The Bertz CT molecular complexity index is 971. The highest BCUT2D eigenvalue weighted by Gasteiger charge is 2.19. The van der Waals surface area contributed by atoms with Crippen LogP contribution in [0, 0.1) is 6.92 Å². The molecule has 194 valence electrons. The lowest BCUT2D eigenvalue weighted by atomic mass is 10.0. The van der Waals surface area contributed by atoms with Gasteiger partial charge in [0.2, 0.25) is 5.95 Å². The van der Waals surface area contributed by atoms with Crippen LogP contribution in [0.1, 0.15) is 48.6 Å². The van der Waals surface area contributed by atoms with Crippen LogP contribution in [0.25, 0.3) is 0 Å². The van der Waals surface area contributed by atoms with Gasteiger partial charge in [-0.1, -0.05) is 25.5 Å². The van der Waals surface area contributed by atoms with Crippen LogP contribution in [0.5, 0.6) is 5.75 Å². The van der Waals surface area contributed by atoms with Crippen LogP contribution < -0.4 is 15.8 Å². The lowest BCUT2D eigenvalue weighted by Crippen LogP contribution is -2.33. The number of alkyl halides is 2. The molecule has 0 aliphatic rings. The van der Waals surface area contributed by atoms with E-state index in [1.807, 2.05) is 13.0 Å². The second-order valence-corrected chi connectivity index (χ2v) is 8.41. The molecule has 1 aromatic carbocycles. The van der Waals surface area contributed by atoms with Crippen LogP contribution in [0.2, 0.25) is 0 Å². The molecule has 0 saturated heterocycles. The minimum Gasteiger partial charge on any atom is -0.496 e. The number of hydrogen-bond acceptors (Lipinski definition) is 8. The van der Waals surface area contributed by atoms with Crippen LogP contribution in [0.15, 0.2) is 18.2 Å². The van der Waals surface area contributed by atoms with E-state index >= 15 is 0 Å². The molecule has 2 aromatic rings. The minimum absolute atomic E-state index is 0.0248. The molecule has 2 rings (SSSR count). The Morgan fingerprint density at radius 2 is 2.03 bits per heavy atom. The first-order valence-corrected chi connectivity index (χ1v) is 11.5. The van der Waals surface area contributed by atoms with Gasteiger partial charge in [0.05, 0.1) is 20.2 Å². The summed E-state index contributed by atoms with van der Waals surface area (Å²) in [5, 5.41) is 21.8. The van der Waals surface area contributed by atoms with Gasteiger partial charge in [0.15, 0.2) is 0 Å². The number of ether oxygens (including phenoxy) is 1. The third kappa shape index (κ3) is 8.91. The number of nitrogens with two attached hydrogens (primary N) is 1. The minimum atomic E-state index is -2.64. The molecule has 11 heteroatoms. The maximum atomic E-state index is 12.9. The number of hydrogen-bond donors (Lipinski definition) is 4. The Kier molecular flexibility index (Phi) is 11.1. The van der Waals surface area contributed by atoms with Crippen molar-refractivity contribution in [2.45, 2.75) is 58.5 Å². The molecule has 1 heterocycles. The third-order valence-corrected chi connectivity index (χ3v) is 5.57. The topological polar surface area (TPSA) is 134 Å². The summed E-state index contributed by atoms with van der Waals surface area (Å²) in [6, 6.07) is 5.34. The van der Waals surface area contributed by atoms with Gasteiger partial charge in [-0.3, -0.25) is 9.69 Å². The number of carboxylic acids is 1. The summed E-state index contributed by atoms with van der Waals surface area (Å²) < 4.78 is 31.3. The molecule has 0 saturated carbocycles. The number of aromatic nitrogens is 2.